The van der Waals surface area contributed by atoms with Crippen LogP contribution >= 0.6 is 0 Å². The normalized spacial score (nSPS) is 14.6. The molecule has 1 aromatic carbocycles. The molecule has 1 heterocycles. The van der Waals surface area contributed by atoms with E-state index in [0.717, 1.165) is 18.8 Å². The number of nitrogens with one attached hydrogen (secondary N) is 1. The van der Waals surface area contributed by atoms with Gasteiger partial charge in [0.05, 0.1) is 18.5 Å². The Morgan fingerprint density at radius 2 is 2.21 bits per heavy atom. The minimum Gasteiger partial charge on any atom is -0.496 e. The lowest BCUT2D eigenvalue weighted by molar-refractivity contribution is 0.411. The van der Waals surface area contributed by atoms with Crippen molar-refractivity contribution in [1.82, 2.24) is 0 Å². The summed E-state index contributed by atoms with van der Waals surface area (Å²) in [4.78, 5) is 2.24. The summed E-state index contributed by atoms with van der Waals surface area (Å²) in [5, 5.41) is 3.39. The second kappa shape index (κ2) is 3.40. The first-order valence-electron chi connectivity index (χ1n) is 4.86. The van der Waals surface area contributed by atoms with Gasteiger partial charge in [-0.15, -0.1) is 0 Å². The van der Waals surface area contributed by atoms with Gasteiger partial charge in [-0.2, -0.15) is 0 Å². The smallest absolute Gasteiger partial charge is 0.123 e. The van der Waals surface area contributed by atoms with Gasteiger partial charge in [-0.3, -0.25) is 0 Å². The summed E-state index contributed by atoms with van der Waals surface area (Å²) in [6.07, 6.45) is 0. The van der Waals surface area contributed by atoms with Crippen molar-refractivity contribution in [2.45, 2.75) is 6.92 Å². The van der Waals surface area contributed by atoms with E-state index in [1.807, 2.05) is 0 Å². The molecule has 3 heteroatoms. The van der Waals surface area contributed by atoms with Crippen LogP contribution in [0.5, 0.6) is 5.75 Å². The van der Waals surface area contributed by atoms with Crippen molar-refractivity contribution in [1.29, 1.82) is 0 Å². The van der Waals surface area contributed by atoms with Crippen LogP contribution in [0.15, 0.2) is 12.1 Å². The Hall–Kier alpha value is -1.38. The minimum absolute atomic E-state index is 0.958. The highest BCUT2D eigenvalue weighted by Gasteiger charge is 2.15. The van der Waals surface area contributed by atoms with Crippen molar-refractivity contribution >= 4 is 11.4 Å². The SMILES string of the molecule is COc1cc2c(cc1C)NCCN2C. The number of aryl methyl sites for hydroxylation is 1. The number of nitrogens with zero attached hydrogens (tertiary/aromatic N) is 1. The van der Waals surface area contributed by atoms with E-state index in [4.69, 9.17) is 4.74 Å². The number of rotatable bonds is 1. The number of hydrogen-bond donors (Lipinski definition) is 1. The molecule has 0 bridgehead atoms. The van der Waals surface area contributed by atoms with Crippen LogP contribution in [0.25, 0.3) is 0 Å². The molecule has 76 valence electrons. The second-order valence-corrected chi connectivity index (χ2v) is 3.69. The van der Waals surface area contributed by atoms with Gasteiger partial charge in [-0.25, -0.2) is 0 Å². The predicted octanol–water partition coefficient (Wildman–Crippen LogP) is 1.87. The van der Waals surface area contributed by atoms with Gasteiger partial charge < -0.3 is 15.0 Å². The molecule has 0 radical (unpaired) electrons. The first kappa shape index (κ1) is 9.19. The first-order valence-corrected chi connectivity index (χ1v) is 4.86. The summed E-state index contributed by atoms with van der Waals surface area (Å²) in [6, 6.07) is 4.24. The van der Waals surface area contributed by atoms with Gasteiger partial charge >= 0.3 is 0 Å². The Bertz CT molecular complexity index is 349. The average Bonchev–Trinajstić information content (AvgIpc) is 2.17. The van der Waals surface area contributed by atoms with Gasteiger partial charge in [0, 0.05) is 26.2 Å². The van der Waals surface area contributed by atoms with Crippen LogP contribution in [0.4, 0.5) is 11.4 Å². The largest absolute Gasteiger partial charge is 0.496 e. The fourth-order valence-corrected chi connectivity index (χ4v) is 1.83. The molecule has 3 nitrogen and oxygen atoms in total. The molecule has 1 aromatic rings. The van der Waals surface area contributed by atoms with E-state index >= 15 is 0 Å². The summed E-state index contributed by atoms with van der Waals surface area (Å²) in [5.74, 6) is 0.958. The third kappa shape index (κ3) is 1.39. The number of benzene rings is 1. The van der Waals surface area contributed by atoms with Crippen LogP contribution in [0.2, 0.25) is 0 Å². The van der Waals surface area contributed by atoms with Gasteiger partial charge in [0.2, 0.25) is 0 Å². The second-order valence-electron chi connectivity index (χ2n) is 3.69. The molecule has 0 fully saturated rings. The molecule has 1 aliphatic heterocycles. The lowest BCUT2D eigenvalue weighted by Crippen LogP contribution is -2.30. The van der Waals surface area contributed by atoms with Gasteiger partial charge in [-0.05, 0) is 18.6 Å². The molecule has 2 rings (SSSR count). The van der Waals surface area contributed by atoms with E-state index < -0.39 is 0 Å². The summed E-state index contributed by atoms with van der Waals surface area (Å²) < 4.78 is 5.30. The van der Waals surface area contributed by atoms with Crippen molar-refractivity contribution in [2.24, 2.45) is 0 Å². The zero-order valence-corrected chi connectivity index (χ0v) is 8.92. The number of methoxy groups -OCH3 is 1. The number of anilines is 2. The standard InChI is InChI=1S/C11H16N2O/c1-8-6-9-10(7-11(8)14-3)13(2)5-4-12-9/h6-7,12H,4-5H2,1-3H3. The van der Waals surface area contributed by atoms with Gasteiger partial charge in [0.1, 0.15) is 5.75 Å². The third-order valence-electron chi connectivity index (χ3n) is 2.69. The average molecular weight is 192 g/mol. The zero-order valence-electron chi connectivity index (χ0n) is 8.92. The van der Waals surface area contributed by atoms with E-state index in [1.54, 1.807) is 7.11 Å². The molecule has 0 amide bonds. The lowest BCUT2D eigenvalue weighted by Gasteiger charge is -2.29. The van der Waals surface area contributed by atoms with E-state index in [9.17, 15) is 0 Å². The van der Waals surface area contributed by atoms with Gasteiger partial charge in [-0.1, -0.05) is 0 Å². The highest BCUT2D eigenvalue weighted by molar-refractivity contribution is 5.75. The summed E-state index contributed by atoms with van der Waals surface area (Å²) in [7, 11) is 3.82. The van der Waals surface area contributed by atoms with Crippen LogP contribution in [-0.2, 0) is 0 Å². The topological polar surface area (TPSA) is 24.5 Å². The van der Waals surface area contributed by atoms with E-state index in [0.29, 0.717) is 0 Å². The van der Waals surface area contributed by atoms with Crippen LogP contribution in [0.1, 0.15) is 5.56 Å². The summed E-state index contributed by atoms with van der Waals surface area (Å²) in [6.45, 7) is 4.11. The Morgan fingerprint density at radius 1 is 1.43 bits per heavy atom. The molecule has 1 aliphatic rings. The summed E-state index contributed by atoms with van der Waals surface area (Å²) >= 11 is 0. The molecular weight excluding hydrogens is 176 g/mol. The maximum absolute atomic E-state index is 5.30. The van der Waals surface area contributed by atoms with Crippen LogP contribution in [0, 0.1) is 6.92 Å². The molecule has 0 aromatic heterocycles. The molecule has 1 N–H and O–H groups in total. The number of likely N-dealkylation sites (N-methyl/N-ethyl adjacent to an activating group) is 1. The molecule has 14 heavy (non-hydrogen) atoms. The minimum atomic E-state index is 0.958. The van der Waals surface area contributed by atoms with Crippen molar-refractivity contribution in [3.05, 3.63) is 17.7 Å². The van der Waals surface area contributed by atoms with Crippen molar-refractivity contribution in [3.8, 4) is 5.75 Å². The molecule has 0 unspecified atom stereocenters. The Labute approximate surface area is 84.7 Å². The van der Waals surface area contributed by atoms with Crippen LogP contribution in [-0.4, -0.2) is 27.2 Å². The Balaban J connectivity index is 2.49. The van der Waals surface area contributed by atoms with Crippen LogP contribution in [0.3, 0.4) is 0 Å². The monoisotopic (exact) mass is 192 g/mol. The number of ether oxygens (including phenoxy) is 1. The number of hydrogen-bond acceptors (Lipinski definition) is 3. The van der Waals surface area contributed by atoms with Crippen molar-refractivity contribution in [3.63, 3.8) is 0 Å². The number of fused-ring (bicyclic) bond motifs is 1. The predicted molar refractivity (Wildman–Crippen MR) is 59.5 cm³/mol. The molecule has 0 atom stereocenters. The molecular formula is C11H16N2O. The van der Waals surface area contributed by atoms with Crippen molar-refractivity contribution < 1.29 is 4.74 Å². The maximum Gasteiger partial charge on any atom is 0.123 e. The summed E-state index contributed by atoms with van der Waals surface area (Å²) in [5.41, 5.74) is 3.60. The third-order valence-corrected chi connectivity index (χ3v) is 2.69. The zero-order chi connectivity index (χ0) is 10.1. The highest BCUT2D eigenvalue weighted by atomic mass is 16.5. The lowest BCUT2D eigenvalue weighted by atomic mass is 10.1. The fraction of sp³-hybridized carbons (Fsp3) is 0.455. The maximum atomic E-state index is 5.30. The van der Waals surface area contributed by atoms with E-state index in [2.05, 4.69) is 36.3 Å². The van der Waals surface area contributed by atoms with Gasteiger partial charge in [0.15, 0.2) is 0 Å². The van der Waals surface area contributed by atoms with Gasteiger partial charge in [0.25, 0.3) is 0 Å². The molecule has 0 saturated heterocycles. The van der Waals surface area contributed by atoms with E-state index in [1.165, 1.54) is 16.9 Å². The first-order chi connectivity index (χ1) is 6.72. The van der Waals surface area contributed by atoms with Crippen molar-refractivity contribution in [2.75, 3.05) is 37.5 Å². The fourth-order valence-electron chi connectivity index (χ4n) is 1.83. The quantitative estimate of drug-likeness (QED) is 0.735. The molecule has 0 aliphatic carbocycles. The highest BCUT2D eigenvalue weighted by Crippen LogP contribution is 2.34. The molecule has 0 saturated carbocycles. The van der Waals surface area contributed by atoms with E-state index in [-0.39, 0.29) is 0 Å². The van der Waals surface area contributed by atoms with Crippen LogP contribution < -0.4 is 15.0 Å². The Morgan fingerprint density at radius 3 is 2.93 bits per heavy atom. The Kier molecular flexibility index (Phi) is 2.23. The molecule has 0 spiro atoms.